The molecule has 2 aliphatic heterocycles. The fourth-order valence-electron chi connectivity index (χ4n) is 3.12. The molecular formula is C20H17NO6. The molecule has 0 saturated heterocycles. The van der Waals surface area contributed by atoms with E-state index >= 15 is 0 Å². The van der Waals surface area contributed by atoms with Gasteiger partial charge in [0, 0.05) is 17.2 Å². The zero-order chi connectivity index (χ0) is 19.0. The van der Waals surface area contributed by atoms with Crippen LogP contribution in [0.2, 0.25) is 0 Å². The molecule has 2 aromatic carbocycles. The number of para-hydroxylation sites is 1. The van der Waals surface area contributed by atoms with Gasteiger partial charge in [-0.2, -0.15) is 0 Å². The fourth-order valence-corrected chi connectivity index (χ4v) is 3.12. The molecule has 0 radical (unpaired) electrons. The monoisotopic (exact) mass is 367 g/mol. The van der Waals surface area contributed by atoms with Crippen LogP contribution in [0.1, 0.15) is 24.1 Å². The van der Waals surface area contributed by atoms with E-state index in [4.69, 9.17) is 18.9 Å². The lowest BCUT2D eigenvalue weighted by Crippen LogP contribution is -2.15. The Bertz CT molecular complexity index is 978. The van der Waals surface area contributed by atoms with Crippen LogP contribution >= 0.6 is 0 Å². The lowest BCUT2D eigenvalue weighted by Gasteiger charge is -2.12. The average Bonchev–Trinajstić information content (AvgIpc) is 3.17. The third-order valence-corrected chi connectivity index (χ3v) is 4.30. The van der Waals surface area contributed by atoms with Crippen molar-refractivity contribution >= 4 is 17.6 Å². The summed E-state index contributed by atoms with van der Waals surface area (Å²) in [5, 5.41) is 10.5. The molecule has 7 nitrogen and oxygen atoms in total. The molecule has 2 heterocycles. The zero-order valence-corrected chi connectivity index (χ0v) is 14.8. The van der Waals surface area contributed by atoms with Crippen LogP contribution in [0.3, 0.4) is 0 Å². The fraction of sp³-hybridized carbons (Fsp3) is 0.200. The maximum Gasteiger partial charge on any atom is 0.515 e. The van der Waals surface area contributed by atoms with Crippen LogP contribution < -0.4 is 9.47 Å². The lowest BCUT2D eigenvalue weighted by atomic mass is 10.0. The van der Waals surface area contributed by atoms with E-state index in [1.54, 1.807) is 19.1 Å². The van der Waals surface area contributed by atoms with Gasteiger partial charge in [-0.15, -0.1) is 0 Å². The number of carbonyl (C=O) groups excluding carboxylic acids is 1. The van der Waals surface area contributed by atoms with Crippen LogP contribution in [0.4, 0.5) is 4.79 Å². The zero-order valence-electron chi connectivity index (χ0n) is 14.8. The largest absolute Gasteiger partial charge is 0.515 e. The SMILES string of the molecule is CCOC(=O)OC1=NC2C(=C1c1ccc(OC)cc1O)Oc1ccccc12. The van der Waals surface area contributed by atoms with Crippen molar-refractivity contribution in [2.75, 3.05) is 13.7 Å². The summed E-state index contributed by atoms with van der Waals surface area (Å²) in [7, 11) is 1.51. The van der Waals surface area contributed by atoms with Gasteiger partial charge in [0.25, 0.3) is 0 Å². The summed E-state index contributed by atoms with van der Waals surface area (Å²) in [6.45, 7) is 1.86. The second-order valence-electron chi connectivity index (χ2n) is 5.88. The maximum absolute atomic E-state index is 11.9. The molecule has 2 aromatic rings. The molecule has 7 heteroatoms. The number of methoxy groups -OCH3 is 1. The molecular weight excluding hydrogens is 350 g/mol. The van der Waals surface area contributed by atoms with Crippen LogP contribution in [0.5, 0.6) is 17.2 Å². The summed E-state index contributed by atoms with van der Waals surface area (Å²) in [4.78, 5) is 16.4. The van der Waals surface area contributed by atoms with Gasteiger partial charge in [-0.3, -0.25) is 0 Å². The lowest BCUT2D eigenvalue weighted by molar-refractivity contribution is 0.101. The number of hydrogen-bond donors (Lipinski definition) is 1. The Morgan fingerprint density at radius 2 is 2.07 bits per heavy atom. The Kier molecular flexibility index (Phi) is 4.19. The second kappa shape index (κ2) is 6.68. The predicted molar refractivity (Wildman–Crippen MR) is 96.9 cm³/mol. The van der Waals surface area contributed by atoms with Crippen LogP contribution in [-0.4, -0.2) is 30.9 Å². The Balaban J connectivity index is 1.81. The smallest absolute Gasteiger partial charge is 0.507 e. The number of phenolic OH excluding ortho intramolecular Hbond substituents is 1. The number of fused-ring (bicyclic) bond motifs is 3. The molecule has 0 saturated carbocycles. The number of aromatic hydroxyl groups is 1. The predicted octanol–water partition coefficient (Wildman–Crippen LogP) is 3.83. The summed E-state index contributed by atoms with van der Waals surface area (Å²) < 4.78 is 21.3. The minimum Gasteiger partial charge on any atom is -0.507 e. The highest BCUT2D eigenvalue weighted by atomic mass is 16.7. The summed E-state index contributed by atoms with van der Waals surface area (Å²) in [6, 6.07) is 11.9. The van der Waals surface area contributed by atoms with Crippen LogP contribution in [0.25, 0.3) is 5.57 Å². The molecule has 0 aromatic heterocycles. The van der Waals surface area contributed by atoms with Gasteiger partial charge >= 0.3 is 6.16 Å². The Labute approximate surface area is 155 Å². The number of aliphatic imine (C=N–C) groups is 1. The molecule has 0 bridgehead atoms. The maximum atomic E-state index is 11.9. The van der Waals surface area contributed by atoms with E-state index in [9.17, 15) is 9.90 Å². The van der Waals surface area contributed by atoms with E-state index in [-0.39, 0.29) is 18.3 Å². The molecule has 0 amide bonds. The number of ether oxygens (including phenoxy) is 4. The first-order valence-electron chi connectivity index (χ1n) is 8.43. The van der Waals surface area contributed by atoms with E-state index in [2.05, 4.69) is 4.99 Å². The number of benzene rings is 2. The summed E-state index contributed by atoms with van der Waals surface area (Å²) in [5.74, 6) is 1.68. The quantitative estimate of drug-likeness (QED) is 0.830. The molecule has 0 spiro atoms. The number of nitrogens with zero attached hydrogens (tertiary/aromatic N) is 1. The van der Waals surface area contributed by atoms with E-state index in [1.165, 1.54) is 13.2 Å². The number of hydrogen-bond acceptors (Lipinski definition) is 7. The topological polar surface area (TPSA) is 86.6 Å². The first-order chi connectivity index (χ1) is 13.1. The molecule has 4 rings (SSSR count). The van der Waals surface area contributed by atoms with Crippen molar-refractivity contribution in [2.45, 2.75) is 13.0 Å². The second-order valence-corrected chi connectivity index (χ2v) is 5.88. The van der Waals surface area contributed by atoms with E-state index in [0.29, 0.717) is 28.4 Å². The first kappa shape index (κ1) is 17.0. The van der Waals surface area contributed by atoms with Gasteiger partial charge in [0.2, 0.25) is 5.90 Å². The minimum absolute atomic E-state index is 0.0442. The third kappa shape index (κ3) is 2.87. The van der Waals surface area contributed by atoms with Gasteiger partial charge in [-0.25, -0.2) is 9.79 Å². The van der Waals surface area contributed by atoms with Crippen LogP contribution in [0, 0.1) is 0 Å². The standard InChI is InChI=1S/C20H17NO6/c1-3-25-20(23)27-19-16(12-9-8-11(24-2)10-14(12)22)18-17(21-19)13-6-4-5-7-15(13)26-18/h4-10,17,22H,3H2,1-2H3. The highest BCUT2D eigenvalue weighted by molar-refractivity contribution is 6.25. The first-order valence-corrected chi connectivity index (χ1v) is 8.43. The van der Waals surface area contributed by atoms with Gasteiger partial charge in [0.15, 0.2) is 0 Å². The Morgan fingerprint density at radius 3 is 2.81 bits per heavy atom. The molecule has 0 fully saturated rings. The van der Waals surface area contributed by atoms with Crippen molar-refractivity contribution in [1.82, 2.24) is 0 Å². The highest BCUT2D eigenvalue weighted by Crippen LogP contribution is 2.49. The molecule has 1 unspecified atom stereocenters. The summed E-state index contributed by atoms with van der Waals surface area (Å²) >= 11 is 0. The minimum atomic E-state index is -0.865. The normalized spacial score (nSPS) is 17.0. The van der Waals surface area contributed by atoms with Gasteiger partial charge in [-0.1, -0.05) is 18.2 Å². The average molecular weight is 367 g/mol. The van der Waals surface area contributed by atoms with Crippen LogP contribution in [0.15, 0.2) is 53.2 Å². The molecule has 138 valence electrons. The van der Waals surface area contributed by atoms with Crippen molar-refractivity contribution in [3.63, 3.8) is 0 Å². The van der Waals surface area contributed by atoms with Crippen LogP contribution in [-0.2, 0) is 9.47 Å². The van der Waals surface area contributed by atoms with Gasteiger partial charge < -0.3 is 24.1 Å². The van der Waals surface area contributed by atoms with Gasteiger partial charge in [-0.05, 0) is 25.1 Å². The van der Waals surface area contributed by atoms with Crippen molar-refractivity contribution in [3.8, 4) is 17.2 Å². The Hall–Kier alpha value is -3.48. The van der Waals surface area contributed by atoms with E-state index < -0.39 is 12.2 Å². The summed E-state index contributed by atoms with van der Waals surface area (Å²) in [5.41, 5.74) is 1.69. The highest BCUT2D eigenvalue weighted by Gasteiger charge is 2.41. The summed E-state index contributed by atoms with van der Waals surface area (Å²) in [6.07, 6.45) is -0.865. The molecule has 2 aliphatic rings. The molecule has 1 N–H and O–H groups in total. The van der Waals surface area contributed by atoms with Crippen molar-refractivity contribution in [2.24, 2.45) is 4.99 Å². The van der Waals surface area contributed by atoms with E-state index in [0.717, 1.165) is 5.56 Å². The Morgan fingerprint density at radius 1 is 1.26 bits per heavy atom. The van der Waals surface area contributed by atoms with Gasteiger partial charge in [0.1, 0.15) is 29.0 Å². The molecule has 0 aliphatic carbocycles. The number of carbonyl (C=O) groups is 1. The number of rotatable bonds is 3. The van der Waals surface area contributed by atoms with E-state index in [1.807, 2.05) is 24.3 Å². The van der Waals surface area contributed by atoms with Gasteiger partial charge in [0.05, 0.1) is 19.3 Å². The number of phenols is 1. The third-order valence-electron chi connectivity index (χ3n) is 4.30. The molecule has 27 heavy (non-hydrogen) atoms. The van der Waals surface area contributed by atoms with Crippen molar-refractivity contribution in [1.29, 1.82) is 0 Å². The van der Waals surface area contributed by atoms with Crippen molar-refractivity contribution < 1.29 is 28.8 Å². The molecule has 1 atom stereocenters. The van der Waals surface area contributed by atoms with Crippen molar-refractivity contribution in [3.05, 3.63) is 59.4 Å².